The normalized spacial score (nSPS) is 23.8. The molecule has 1 saturated heterocycles. The van der Waals surface area contributed by atoms with E-state index in [0.717, 1.165) is 77.0 Å². The minimum atomic E-state index is -0.995. The van der Waals surface area contributed by atoms with Crippen LogP contribution in [0.5, 0.6) is 0 Å². The first-order valence-corrected chi connectivity index (χ1v) is 19.2. The van der Waals surface area contributed by atoms with Crippen LogP contribution in [0.2, 0.25) is 0 Å². The van der Waals surface area contributed by atoms with Crippen LogP contribution >= 0.6 is 0 Å². The number of hydrogen-bond acceptors (Lipinski definition) is 8. The third-order valence-corrected chi connectivity index (χ3v) is 11.2. The quantitative estimate of drug-likeness (QED) is 0.159. The number of likely N-dealkylation sites (tertiary alicyclic amines) is 1. The zero-order valence-corrected chi connectivity index (χ0v) is 30.7. The van der Waals surface area contributed by atoms with Crippen LogP contribution in [0.15, 0.2) is 18.6 Å². The fourth-order valence-corrected chi connectivity index (χ4v) is 8.18. The highest BCUT2D eigenvalue weighted by Crippen LogP contribution is 2.43. The number of aromatic nitrogens is 2. The Kier molecular flexibility index (Phi) is 12.8. The lowest BCUT2D eigenvalue weighted by Gasteiger charge is -2.38. The van der Waals surface area contributed by atoms with Gasteiger partial charge in [-0.1, -0.05) is 72.6 Å². The van der Waals surface area contributed by atoms with E-state index < -0.39 is 59.0 Å². The van der Waals surface area contributed by atoms with Crippen molar-refractivity contribution in [3.05, 3.63) is 24.3 Å². The Labute approximate surface area is 301 Å². The Balaban J connectivity index is 1.36. The number of rotatable bonds is 15. The van der Waals surface area contributed by atoms with Gasteiger partial charge < -0.3 is 26.2 Å². The monoisotopic (exact) mass is 707 g/mol. The molecule has 4 aliphatic rings. The standard InChI is InChI=1S/C38H57N7O6/c1-5-6-8-16-27(31(46)36(50)41-25-17-18-25)42-35(49)30-26-15-11-14-24(26)22-45(30)37(51)32(38(2,3)4)44-34(48)29(23-12-9-7-10-13-23)43-33(47)28-21-39-19-20-40-28/h19-21,23-27,29-30,32H,5-18,22H2,1-4H3,(H,41,50)(H,42,49)(H,43,47)(H,44,48)/t24-,26-,27?,29-,30-,32?/m0/s1. The largest absolute Gasteiger partial charge is 0.347 e. The Morgan fingerprint density at radius 2 is 1.63 bits per heavy atom. The number of fused-ring (bicyclic) bond motifs is 1. The zero-order valence-electron chi connectivity index (χ0n) is 30.7. The lowest BCUT2D eigenvalue weighted by molar-refractivity contribution is -0.146. The molecule has 0 spiro atoms. The van der Waals surface area contributed by atoms with Gasteiger partial charge in [0.1, 0.15) is 23.8 Å². The molecular formula is C38H57N7O6. The molecule has 4 N–H and O–H groups in total. The van der Waals surface area contributed by atoms with E-state index in [0.29, 0.717) is 19.4 Å². The lowest BCUT2D eigenvalue weighted by atomic mass is 9.82. The molecule has 0 aromatic carbocycles. The summed E-state index contributed by atoms with van der Waals surface area (Å²) in [5, 5.41) is 11.6. The van der Waals surface area contributed by atoms with Crippen LogP contribution in [0, 0.1) is 23.2 Å². The molecule has 13 nitrogen and oxygen atoms in total. The zero-order chi connectivity index (χ0) is 36.7. The van der Waals surface area contributed by atoms with Crippen LogP contribution < -0.4 is 21.3 Å². The summed E-state index contributed by atoms with van der Waals surface area (Å²) in [4.78, 5) is 92.1. The topological polar surface area (TPSA) is 180 Å². The lowest BCUT2D eigenvalue weighted by Crippen LogP contribution is -2.62. The van der Waals surface area contributed by atoms with Crippen LogP contribution in [0.25, 0.3) is 0 Å². The predicted octanol–water partition coefficient (Wildman–Crippen LogP) is 3.23. The van der Waals surface area contributed by atoms with Crippen molar-refractivity contribution >= 4 is 35.3 Å². The van der Waals surface area contributed by atoms with E-state index in [1.54, 1.807) is 4.90 Å². The van der Waals surface area contributed by atoms with Gasteiger partial charge in [-0.15, -0.1) is 0 Å². The van der Waals surface area contributed by atoms with Gasteiger partial charge in [0.15, 0.2) is 0 Å². The molecule has 2 unspecified atom stereocenters. The van der Waals surface area contributed by atoms with Gasteiger partial charge >= 0.3 is 0 Å². The second kappa shape index (κ2) is 17.1. The predicted molar refractivity (Wildman–Crippen MR) is 190 cm³/mol. The molecule has 0 radical (unpaired) electrons. The first-order valence-electron chi connectivity index (χ1n) is 19.2. The Hall–Kier alpha value is -3.90. The maximum atomic E-state index is 14.7. The smallest absolute Gasteiger partial charge is 0.289 e. The first-order chi connectivity index (χ1) is 24.4. The van der Waals surface area contributed by atoms with Crippen LogP contribution in [0.1, 0.15) is 128 Å². The van der Waals surface area contributed by atoms with Gasteiger partial charge in [0, 0.05) is 25.0 Å². The van der Waals surface area contributed by atoms with Crippen molar-refractivity contribution in [1.29, 1.82) is 0 Å². The van der Waals surface area contributed by atoms with Crippen molar-refractivity contribution < 1.29 is 28.8 Å². The number of ketones is 1. The maximum Gasteiger partial charge on any atom is 0.289 e. The molecule has 6 atom stereocenters. The fraction of sp³-hybridized carbons (Fsp3) is 0.737. The van der Waals surface area contributed by atoms with Gasteiger partial charge in [0.25, 0.3) is 11.8 Å². The highest BCUT2D eigenvalue weighted by Gasteiger charge is 2.52. The van der Waals surface area contributed by atoms with Crippen LogP contribution in [0.4, 0.5) is 0 Å². The molecule has 1 aromatic heterocycles. The second-order valence-electron chi connectivity index (χ2n) is 16.2. The molecule has 0 bridgehead atoms. The second-order valence-corrected chi connectivity index (χ2v) is 16.2. The van der Waals surface area contributed by atoms with E-state index in [9.17, 15) is 28.8 Å². The van der Waals surface area contributed by atoms with Crippen LogP contribution in [-0.4, -0.2) is 86.9 Å². The third-order valence-electron chi connectivity index (χ3n) is 11.2. The number of hydrogen-bond donors (Lipinski definition) is 4. The molecule has 280 valence electrons. The van der Waals surface area contributed by atoms with Crippen molar-refractivity contribution in [3.63, 3.8) is 0 Å². The molecule has 1 aliphatic heterocycles. The molecule has 51 heavy (non-hydrogen) atoms. The number of unbranched alkanes of at least 4 members (excludes halogenated alkanes) is 2. The highest BCUT2D eigenvalue weighted by atomic mass is 16.2. The summed E-state index contributed by atoms with van der Waals surface area (Å²) in [6, 6.07) is -3.67. The van der Waals surface area contributed by atoms with E-state index in [1.807, 2.05) is 27.7 Å². The van der Waals surface area contributed by atoms with Gasteiger partial charge in [-0.25, -0.2) is 4.98 Å². The first kappa shape index (κ1) is 38.3. The minimum Gasteiger partial charge on any atom is -0.347 e. The molecular weight excluding hydrogens is 650 g/mol. The number of Topliss-reactive ketones (excluding diaryl/α,β-unsaturated/α-hetero) is 1. The summed E-state index contributed by atoms with van der Waals surface area (Å²) in [7, 11) is 0. The molecule has 5 rings (SSSR count). The Bertz CT molecular complexity index is 1420. The number of nitrogens with one attached hydrogen (secondary N) is 4. The van der Waals surface area contributed by atoms with Crippen LogP contribution in [0.3, 0.4) is 0 Å². The van der Waals surface area contributed by atoms with Gasteiger partial charge in [-0.3, -0.25) is 33.8 Å². The van der Waals surface area contributed by atoms with Crippen molar-refractivity contribution in [1.82, 2.24) is 36.1 Å². The molecule has 3 saturated carbocycles. The van der Waals surface area contributed by atoms with E-state index >= 15 is 0 Å². The van der Waals surface area contributed by atoms with Gasteiger partial charge in [-0.05, 0) is 68.1 Å². The fourth-order valence-electron chi connectivity index (χ4n) is 8.18. The van der Waals surface area contributed by atoms with E-state index in [2.05, 4.69) is 31.2 Å². The van der Waals surface area contributed by atoms with E-state index in [-0.39, 0.29) is 35.4 Å². The summed E-state index contributed by atoms with van der Waals surface area (Å²) >= 11 is 0. The summed E-state index contributed by atoms with van der Waals surface area (Å²) in [6.07, 6.45) is 15.8. The molecule has 5 amide bonds. The minimum absolute atomic E-state index is 0.0122. The number of nitrogens with zero attached hydrogens (tertiary/aromatic N) is 3. The Morgan fingerprint density at radius 3 is 2.27 bits per heavy atom. The number of carbonyl (C=O) groups is 6. The summed E-state index contributed by atoms with van der Waals surface area (Å²) in [5.41, 5.74) is -0.639. The molecule has 1 aromatic rings. The molecule has 13 heteroatoms. The summed E-state index contributed by atoms with van der Waals surface area (Å²) in [6.45, 7) is 8.03. The third kappa shape index (κ3) is 9.71. The van der Waals surface area contributed by atoms with E-state index in [4.69, 9.17) is 0 Å². The maximum absolute atomic E-state index is 14.7. The number of amides is 5. The van der Waals surface area contributed by atoms with Gasteiger partial charge in [0.2, 0.25) is 23.5 Å². The van der Waals surface area contributed by atoms with Crippen molar-refractivity contribution in [3.8, 4) is 0 Å². The van der Waals surface area contributed by atoms with Gasteiger partial charge in [-0.2, -0.15) is 0 Å². The highest BCUT2D eigenvalue weighted by molar-refractivity contribution is 6.38. The number of carbonyl (C=O) groups excluding carboxylic acids is 6. The van der Waals surface area contributed by atoms with Crippen molar-refractivity contribution in [2.75, 3.05) is 6.54 Å². The van der Waals surface area contributed by atoms with Crippen LogP contribution in [-0.2, 0) is 24.0 Å². The Morgan fingerprint density at radius 1 is 0.882 bits per heavy atom. The average molecular weight is 708 g/mol. The van der Waals surface area contributed by atoms with Gasteiger partial charge in [0.05, 0.1) is 12.2 Å². The SMILES string of the molecule is CCCCCC(NC(=O)[C@@H]1[C@H]2CCC[C@H]2CN1C(=O)C(NC(=O)[C@@H](NC(=O)c1cnccn1)C1CCCCC1)C(C)(C)C)C(=O)C(=O)NC1CC1. The van der Waals surface area contributed by atoms with Crippen molar-refractivity contribution in [2.24, 2.45) is 23.2 Å². The molecule has 4 fully saturated rings. The summed E-state index contributed by atoms with van der Waals surface area (Å²) < 4.78 is 0. The molecule has 2 heterocycles. The average Bonchev–Trinajstić information content (AvgIpc) is 3.68. The summed E-state index contributed by atoms with van der Waals surface area (Å²) in [5.74, 6) is -3.15. The van der Waals surface area contributed by atoms with Crippen molar-refractivity contribution in [2.45, 2.75) is 148 Å². The molecule has 3 aliphatic carbocycles. The van der Waals surface area contributed by atoms with E-state index in [1.165, 1.54) is 18.6 Å².